The van der Waals surface area contributed by atoms with Crippen LogP contribution >= 0.6 is 0 Å². The van der Waals surface area contributed by atoms with Gasteiger partial charge in [0.15, 0.2) is 0 Å². The average Bonchev–Trinajstić information content (AvgIpc) is 3.04. The van der Waals surface area contributed by atoms with E-state index in [-0.39, 0.29) is 36.9 Å². The van der Waals surface area contributed by atoms with Crippen molar-refractivity contribution in [1.82, 2.24) is 9.88 Å². The summed E-state index contributed by atoms with van der Waals surface area (Å²) in [7, 11) is 1.24. The molecule has 29 heavy (non-hydrogen) atoms. The minimum Gasteiger partial charge on any atom is -0.466 e. The Morgan fingerprint density at radius 1 is 1.21 bits per heavy atom. The highest BCUT2D eigenvalue weighted by molar-refractivity contribution is 6.08. The van der Waals surface area contributed by atoms with E-state index in [9.17, 15) is 14.4 Å². The van der Waals surface area contributed by atoms with Crippen molar-refractivity contribution in [2.75, 3.05) is 37.4 Å². The number of hydrogen-bond acceptors (Lipinski definition) is 7. The fourth-order valence-corrected chi connectivity index (χ4v) is 2.84. The standard InChI is InChI=1S/C20H20N4O5/c1-29-20(28)16-12-24(9-10-25)19(27)17(16)22-14-6-4-13(5-7-14)18(26)23-15-3-2-8-21-11-15/h2-8,11,22,25H,9-10,12H2,1H3,(H,23,26). The number of amides is 2. The molecule has 1 aromatic heterocycles. The molecule has 0 saturated carbocycles. The van der Waals surface area contributed by atoms with Crippen LogP contribution in [0, 0.1) is 0 Å². The molecule has 0 atom stereocenters. The molecule has 0 spiro atoms. The highest BCUT2D eigenvalue weighted by Gasteiger charge is 2.34. The number of nitrogens with one attached hydrogen (secondary N) is 2. The molecule has 2 aromatic rings. The number of benzene rings is 1. The molecule has 3 rings (SSSR count). The molecule has 0 saturated heterocycles. The van der Waals surface area contributed by atoms with Gasteiger partial charge in [-0.05, 0) is 36.4 Å². The van der Waals surface area contributed by atoms with E-state index in [1.54, 1.807) is 48.8 Å². The first-order valence-corrected chi connectivity index (χ1v) is 8.83. The van der Waals surface area contributed by atoms with Gasteiger partial charge in [0.1, 0.15) is 5.70 Å². The molecule has 1 aromatic carbocycles. The average molecular weight is 396 g/mol. The molecular formula is C20H20N4O5. The number of pyridine rings is 1. The Kier molecular flexibility index (Phi) is 6.20. The van der Waals surface area contributed by atoms with E-state index in [1.807, 2.05) is 0 Å². The number of rotatable bonds is 7. The van der Waals surface area contributed by atoms with Gasteiger partial charge in [-0.15, -0.1) is 0 Å². The molecule has 9 heteroatoms. The highest BCUT2D eigenvalue weighted by Crippen LogP contribution is 2.23. The minimum absolute atomic E-state index is 0.0556. The van der Waals surface area contributed by atoms with Gasteiger partial charge >= 0.3 is 5.97 Å². The molecule has 9 nitrogen and oxygen atoms in total. The summed E-state index contributed by atoms with van der Waals surface area (Å²) in [6, 6.07) is 9.89. The van der Waals surface area contributed by atoms with Crippen LogP contribution in [-0.2, 0) is 14.3 Å². The van der Waals surface area contributed by atoms with Crippen LogP contribution in [0.5, 0.6) is 0 Å². The van der Waals surface area contributed by atoms with Crippen molar-refractivity contribution < 1.29 is 24.2 Å². The third-order valence-corrected chi connectivity index (χ3v) is 4.29. The van der Waals surface area contributed by atoms with Crippen LogP contribution in [-0.4, -0.2) is 59.6 Å². The quantitative estimate of drug-likeness (QED) is 0.597. The van der Waals surface area contributed by atoms with Crippen molar-refractivity contribution in [3.63, 3.8) is 0 Å². The van der Waals surface area contributed by atoms with Crippen molar-refractivity contribution in [1.29, 1.82) is 0 Å². The Morgan fingerprint density at radius 3 is 2.59 bits per heavy atom. The first-order chi connectivity index (χ1) is 14.0. The molecule has 150 valence electrons. The number of aromatic nitrogens is 1. The second-order valence-corrected chi connectivity index (χ2v) is 6.19. The second-order valence-electron chi connectivity index (χ2n) is 6.19. The Labute approximate surface area is 167 Å². The van der Waals surface area contributed by atoms with E-state index in [0.717, 1.165) is 0 Å². The number of hydrogen-bond donors (Lipinski definition) is 3. The summed E-state index contributed by atoms with van der Waals surface area (Å²) in [6.07, 6.45) is 3.15. The Morgan fingerprint density at radius 2 is 1.97 bits per heavy atom. The smallest absolute Gasteiger partial charge is 0.337 e. The molecule has 2 amide bonds. The molecule has 0 unspecified atom stereocenters. The van der Waals surface area contributed by atoms with E-state index in [2.05, 4.69) is 15.6 Å². The van der Waals surface area contributed by atoms with Gasteiger partial charge in [-0.25, -0.2) is 4.79 Å². The lowest BCUT2D eigenvalue weighted by Gasteiger charge is -2.15. The number of carbonyl (C=O) groups excluding carboxylic acids is 3. The summed E-state index contributed by atoms with van der Waals surface area (Å²) in [5, 5.41) is 14.8. The van der Waals surface area contributed by atoms with Crippen molar-refractivity contribution in [2.45, 2.75) is 0 Å². The normalized spacial score (nSPS) is 13.4. The van der Waals surface area contributed by atoms with Crippen molar-refractivity contribution in [2.24, 2.45) is 0 Å². The summed E-state index contributed by atoms with van der Waals surface area (Å²) in [6.45, 7) is -0.0494. The first-order valence-electron chi connectivity index (χ1n) is 8.83. The largest absolute Gasteiger partial charge is 0.466 e. The first kappa shape index (κ1) is 20.0. The summed E-state index contributed by atoms with van der Waals surface area (Å²) < 4.78 is 4.75. The lowest BCUT2D eigenvalue weighted by atomic mass is 10.1. The monoisotopic (exact) mass is 396 g/mol. The lowest BCUT2D eigenvalue weighted by Crippen LogP contribution is -2.31. The molecule has 3 N–H and O–H groups in total. The molecule has 2 heterocycles. The van der Waals surface area contributed by atoms with Crippen LogP contribution in [0.25, 0.3) is 0 Å². The zero-order valence-corrected chi connectivity index (χ0v) is 15.7. The maximum Gasteiger partial charge on any atom is 0.337 e. The van der Waals surface area contributed by atoms with Gasteiger partial charge < -0.3 is 25.4 Å². The molecule has 1 aliphatic heterocycles. The van der Waals surface area contributed by atoms with Gasteiger partial charge in [0, 0.05) is 24.0 Å². The van der Waals surface area contributed by atoms with Crippen LogP contribution in [0.2, 0.25) is 0 Å². The van der Waals surface area contributed by atoms with Crippen molar-refractivity contribution in [3.05, 3.63) is 65.6 Å². The van der Waals surface area contributed by atoms with Gasteiger partial charge in [-0.2, -0.15) is 0 Å². The molecule has 0 bridgehead atoms. The number of methoxy groups -OCH3 is 1. The zero-order valence-electron chi connectivity index (χ0n) is 15.7. The number of anilines is 2. The molecule has 1 aliphatic rings. The number of carbonyl (C=O) groups is 3. The predicted molar refractivity (Wildman–Crippen MR) is 105 cm³/mol. The van der Waals surface area contributed by atoms with E-state index < -0.39 is 11.9 Å². The number of aliphatic hydroxyl groups excluding tert-OH is 1. The molecule has 0 radical (unpaired) electrons. The highest BCUT2D eigenvalue weighted by atomic mass is 16.5. The third kappa shape index (κ3) is 4.58. The van der Waals surface area contributed by atoms with E-state index >= 15 is 0 Å². The van der Waals surface area contributed by atoms with Crippen molar-refractivity contribution >= 4 is 29.2 Å². The van der Waals surface area contributed by atoms with Gasteiger partial charge in [0.05, 0.1) is 37.7 Å². The van der Waals surface area contributed by atoms with Crippen LogP contribution < -0.4 is 10.6 Å². The van der Waals surface area contributed by atoms with Gasteiger partial charge in [-0.3, -0.25) is 14.6 Å². The summed E-state index contributed by atoms with van der Waals surface area (Å²) in [5.41, 5.74) is 1.80. The molecule has 0 aliphatic carbocycles. The molecular weight excluding hydrogens is 376 g/mol. The molecule has 0 fully saturated rings. The number of esters is 1. The maximum atomic E-state index is 12.5. The lowest BCUT2D eigenvalue weighted by molar-refractivity contribution is -0.136. The second kappa shape index (κ2) is 8.98. The van der Waals surface area contributed by atoms with Crippen LogP contribution in [0.4, 0.5) is 11.4 Å². The Bertz CT molecular complexity index is 941. The maximum absolute atomic E-state index is 12.5. The zero-order chi connectivity index (χ0) is 20.8. The van der Waals surface area contributed by atoms with Crippen molar-refractivity contribution in [3.8, 4) is 0 Å². The Balaban J connectivity index is 1.74. The van der Waals surface area contributed by atoms with Crippen LogP contribution in [0.1, 0.15) is 10.4 Å². The van der Waals surface area contributed by atoms with Gasteiger partial charge in [0.2, 0.25) is 0 Å². The fraction of sp³-hybridized carbons (Fsp3) is 0.200. The SMILES string of the molecule is COC(=O)C1=C(Nc2ccc(C(=O)Nc3cccnc3)cc2)C(=O)N(CCO)C1. The summed E-state index contributed by atoms with van der Waals surface area (Å²) in [5.74, 6) is -1.32. The number of ether oxygens (including phenoxy) is 1. The van der Waals surface area contributed by atoms with E-state index in [0.29, 0.717) is 16.9 Å². The van der Waals surface area contributed by atoms with Gasteiger partial charge in [-0.1, -0.05) is 0 Å². The third-order valence-electron chi connectivity index (χ3n) is 4.29. The van der Waals surface area contributed by atoms with Crippen LogP contribution in [0.15, 0.2) is 60.1 Å². The van der Waals surface area contributed by atoms with Crippen LogP contribution in [0.3, 0.4) is 0 Å². The summed E-state index contributed by atoms with van der Waals surface area (Å²) >= 11 is 0. The Hall–Kier alpha value is -3.72. The fourth-order valence-electron chi connectivity index (χ4n) is 2.84. The van der Waals surface area contributed by atoms with E-state index in [1.165, 1.54) is 12.0 Å². The minimum atomic E-state index is -0.617. The topological polar surface area (TPSA) is 121 Å². The van der Waals surface area contributed by atoms with Gasteiger partial charge in [0.25, 0.3) is 11.8 Å². The number of β-amino-alcohol motifs (C(OH)–C–C–N with tert-alkyl or cyclic N) is 1. The predicted octanol–water partition coefficient (Wildman–Crippen LogP) is 1.01. The number of nitrogens with zero attached hydrogens (tertiary/aromatic N) is 2. The summed E-state index contributed by atoms with van der Waals surface area (Å²) in [4.78, 5) is 42.1. The number of aliphatic hydroxyl groups is 1. The van der Waals surface area contributed by atoms with E-state index in [4.69, 9.17) is 9.84 Å².